The van der Waals surface area contributed by atoms with Crippen molar-refractivity contribution in [2.45, 2.75) is 20.0 Å². The second-order valence-electron chi connectivity index (χ2n) is 5.61. The first-order valence-electron chi connectivity index (χ1n) is 7.92. The lowest BCUT2D eigenvalue weighted by molar-refractivity contribution is 0.612. The molecule has 0 aliphatic heterocycles. The Hall–Kier alpha value is -2.66. The Balaban J connectivity index is 1.68. The lowest BCUT2D eigenvalue weighted by Gasteiger charge is -2.11. The maximum Gasteiger partial charge on any atom is 0.225 e. The summed E-state index contributed by atoms with van der Waals surface area (Å²) >= 11 is 6.16. The van der Waals surface area contributed by atoms with Gasteiger partial charge in [-0.15, -0.1) is 0 Å². The predicted octanol–water partition coefficient (Wildman–Crippen LogP) is 4.80. The molecule has 0 saturated carbocycles. The molecule has 1 heterocycles. The van der Waals surface area contributed by atoms with Crippen LogP contribution in [0.4, 0.5) is 16.2 Å². The van der Waals surface area contributed by atoms with Crippen LogP contribution < -0.4 is 10.6 Å². The van der Waals surface area contributed by atoms with Crippen LogP contribution in [-0.4, -0.2) is 9.97 Å². The van der Waals surface area contributed by atoms with E-state index in [1.54, 1.807) is 18.2 Å². The average Bonchev–Trinajstić information content (AvgIpc) is 2.60. The maximum atomic E-state index is 13.7. The van der Waals surface area contributed by atoms with Gasteiger partial charge in [0.05, 0.1) is 0 Å². The Morgan fingerprint density at radius 2 is 1.60 bits per heavy atom. The van der Waals surface area contributed by atoms with Crippen LogP contribution in [0.1, 0.15) is 16.8 Å². The zero-order chi connectivity index (χ0) is 17.6. The molecule has 2 aromatic carbocycles. The fraction of sp³-hybridized carbons (Fsp3) is 0.158. The van der Waals surface area contributed by atoms with Gasteiger partial charge in [0, 0.05) is 35.4 Å². The highest BCUT2D eigenvalue weighted by atomic mass is 35.5. The quantitative estimate of drug-likeness (QED) is 0.666. The van der Waals surface area contributed by atoms with E-state index >= 15 is 0 Å². The third-order valence-corrected chi connectivity index (χ3v) is 4.04. The van der Waals surface area contributed by atoms with E-state index in [0.717, 1.165) is 11.3 Å². The molecule has 0 fully saturated rings. The van der Waals surface area contributed by atoms with E-state index in [0.29, 0.717) is 35.4 Å². The molecule has 0 amide bonds. The van der Waals surface area contributed by atoms with E-state index in [1.807, 2.05) is 37.3 Å². The van der Waals surface area contributed by atoms with E-state index in [9.17, 15) is 4.39 Å². The third kappa shape index (κ3) is 4.67. The number of aromatic nitrogens is 2. The summed E-state index contributed by atoms with van der Waals surface area (Å²) in [5, 5.41) is 7.01. The lowest BCUT2D eigenvalue weighted by atomic mass is 10.2. The molecular formula is C19H18ClFN4. The Bertz CT molecular complexity index is 802. The smallest absolute Gasteiger partial charge is 0.225 e. The van der Waals surface area contributed by atoms with Gasteiger partial charge in [0.2, 0.25) is 5.95 Å². The summed E-state index contributed by atoms with van der Waals surface area (Å²) in [4.78, 5) is 8.76. The fourth-order valence-corrected chi connectivity index (χ4v) is 2.58. The standard InChI is InChI=1S/C19H18ClFN4/c1-13-10-18(22-11-14-6-2-4-8-16(14)20)25-19(24-13)23-12-15-7-3-5-9-17(15)21/h2-10H,11-12H2,1H3,(H2,22,23,24,25). The van der Waals surface area contributed by atoms with Gasteiger partial charge in [-0.1, -0.05) is 48.0 Å². The van der Waals surface area contributed by atoms with Gasteiger partial charge in [-0.05, 0) is 24.6 Å². The molecule has 4 nitrogen and oxygen atoms in total. The van der Waals surface area contributed by atoms with E-state index in [-0.39, 0.29) is 5.82 Å². The zero-order valence-electron chi connectivity index (χ0n) is 13.8. The van der Waals surface area contributed by atoms with E-state index in [4.69, 9.17) is 11.6 Å². The van der Waals surface area contributed by atoms with Gasteiger partial charge >= 0.3 is 0 Å². The second-order valence-corrected chi connectivity index (χ2v) is 6.02. The largest absolute Gasteiger partial charge is 0.366 e. The number of aryl methyl sites for hydroxylation is 1. The number of halogens is 2. The van der Waals surface area contributed by atoms with Gasteiger partial charge in [0.15, 0.2) is 0 Å². The molecule has 3 rings (SSSR count). The van der Waals surface area contributed by atoms with Crippen LogP contribution in [0.15, 0.2) is 54.6 Å². The lowest BCUT2D eigenvalue weighted by Crippen LogP contribution is -2.09. The molecule has 0 atom stereocenters. The van der Waals surface area contributed by atoms with Crippen molar-refractivity contribution in [1.82, 2.24) is 9.97 Å². The minimum atomic E-state index is -0.250. The molecule has 1 aromatic heterocycles. The predicted molar refractivity (Wildman–Crippen MR) is 99.3 cm³/mol. The number of rotatable bonds is 6. The van der Waals surface area contributed by atoms with Gasteiger partial charge in [-0.2, -0.15) is 4.98 Å². The zero-order valence-corrected chi connectivity index (χ0v) is 14.5. The number of nitrogens with zero attached hydrogens (tertiary/aromatic N) is 2. The van der Waals surface area contributed by atoms with Gasteiger partial charge in [-0.3, -0.25) is 0 Å². The van der Waals surface area contributed by atoms with Gasteiger partial charge in [0.25, 0.3) is 0 Å². The minimum Gasteiger partial charge on any atom is -0.366 e. The van der Waals surface area contributed by atoms with E-state index in [2.05, 4.69) is 20.6 Å². The molecule has 0 aliphatic rings. The number of anilines is 2. The summed E-state index contributed by atoms with van der Waals surface area (Å²) in [6.45, 7) is 2.76. The van der Waals surface area contributed by atoms with Crippen LogP contribution in [0.5, 0.6) is 0 Å². The molecule has 0 spiro atoms. The van der Waals surface area contributed by atoms with Crippen LogP contribution in [0.2, 0.25) is 5.02 Å². The summed E-state index contributed by atoms with van der Waals surface area (Å²) in [7, 11) is 0. The first-order chi connectivity index (χ1) is 12.1. The van der Waals surface area contributed by atoms with Crippen LogP contribution in [0.25, 0.3) is 0 Å². The van der Waals surface area contributed by atoms with Gasteiger partial charge < -0.3 is 10.6 Å². The summed E-state index contributed by atoms with van der Waals surface area (Å²) in [6.07, 6.45) is 0. The van der Waals surface area contributed by atoms with Crippen molar-refractivity contribution in [1.29, 1.82) is 0 Å². The molecule has 0 unspecified atom stereocenters. The highest BCUT2D eigenvalue weighted by molar-refractivity contribution is 6.31. The third-order valence-electron chi connectivity index (χ3n) is 3.67. The summed E-state index contributed by atoms with van der Waals surface area (Å²) in [5.74, 6) is 0.882. The summed E-state index contributed by atoms with van der Waals surface area (Å²) in [6, 6.07) is 16.1. The number of hydrogen-bond acceptors (Lipinski definition) is 4. The summed E-state index contributed by atoms with van der Waals surface area (Å²) < 4.78 is 13.7. The molecule has 25 heavy (non-hydrogen) atoms. The number of nitrogens with one attached hydrogen (secondary N) is 2. The molecule has 128 valence electrons. The van der Waals surface area contributed by atoms with Gasteiger partial charge in [0.1, 0.15) is 11.6 Å². The summed E-state index contributed by atoms with van der Waals surface area (Å²) in [5.41, 5.74) is 2.37. The van der Waals surface area contributed by atoms with Gasteiger partial charge in [-0.25, -0.2) is 9.37 Å². The van der Waals surface area contributed by atoms with Crippen LogP contribution in [0, 0.1) is 12.7 Å². The van der Waals surface area contributed by atoms with E-state index in [1.165, 1.54) is 6.07 Å². The van der Waals surface area contributed by atoms with Crippen molar-refractivity contribution in [3.8, 4) is 0 Å². The van der Waals surface area contributed by atoms with Crippen molar-refractivity contribution in [3.63, 3.8) is 0 Å². The molecule has 0 saturated heterocycles. The minimum absolute atomic E-state index is 0.250. The molecular weight excluding hydrogens is 339 g/mol. The van der Waals surface area contributed by atoms with E-state index < -0.39 is 0 Å². The SMILES string of the molecule is Cc1cc(NCc2ccccc2Cl)nc(NCc2ccccc2F)n1. The topological polar surface area (TPSA) is 49.8 Å². The number of benzene rings is 2. The van der Waals surface area contributed by atoms with Crippen LogP contribution >= 0.6 is 11.6 Å². The highest BCUT2D eigenvalue weighted by Gasteiger charge is 2.05. The molecule has 0 radical (unpaired) electrons. The van der Waals surface area contributed by atoms with Crippen molar-refractivity contribution >= 4 is 23.4 Å². The Labute approximate surface area is 151 Å². The van der Waals surface area contributed by atoms with Crippen molar-refractivity contribution < 1.29 is 4.39 Å². The Kier molecular flexibility index (Phi) is 5.46. The maximum absolute atomic E-state index is 13.7. The normalized spacial score (nSPS) is 10.5. The first-order valence-corrected chi connectivity index (χ1v) is 8.30. The molecule has 6 heteroatoms. The van der Waals surface area contributed by atoms with Crippen molar-refractivity contribution in [2.24, 2.45) is 0 Å². The molecule has 0 aliphatic carbocycles. The molecule has 0 bridgehead atoms. The van der Waals surface area contributed by atoms with Crippen molar-refractivity contribution in [2.75, 3.05) is 10.6 Å². The highest BCUT2D eigenvalue weighted by Crippen LogP contribution is 2.17. The fourth-order valence-electron chi connectivity index (χ4n) is 2.38. The van der Waals surface area contributed by atoms with Crippen LogP contribution in [0.3, 0.4) is 0 Å². The number of hydrogen-bond donors (Lipinski definition) is 2. The monoisotopic (exact) mass is 356 g/mol. The average molecular weight is 357 g/mol. The Morgan fingerprint density at radius 1 is 0.920 bits per heavy atom. The van der Waals surface area contributed by atoms with Crippen molar-refractivity contribution in [3.05, 3.63) is 82.3 Å². The second kappa shape index (κ2) is 7.94. The Morgan fingerprint density at radius 3 is 2.36 bits per heavy atom. The first kappa shape index (κ1) is 17.2. The molecule has 2 N–H and O–H groups in total. The van der Waals surface area contributed by atoms with Crippen LogP contribution in [-0.2, 0) is 13.1 Å². The molecule has 3 aromatic rings.